The molecule has 0 saturated heterocycles. The highest BCUT2D eigenvalue weighted by Gasteiger charge is 2.36. The summed E-state index contributed by atoms with van der Waals surface area (Å²) in [6.45, 7) is 2.79. The molecule has 1 aromatic carbocycles. The molecular weight excluding hydrogens is 287 g/mol. The van der Waals surface area contributed by atoms with Gasteiger partial charge in [-0.1, -0.05) is 40.0 Å². The molecule has 16 heavy (non-hydrogen) atoms. The maximum atomic E-state index is 6.13. The summed E-state index contributed by atoms with van der Waals surface area (Å²) in [5.41, 5.74) is 1.50. The van der Waals surface area contributed by atoms with E-state index in [1.165, 1.54) is 19.3 Å². The Bertz CT molecular complexity index is 369. The van der Waals surface area contributed by atoms with Gasteiger partial charge < -0.3 is 4.74 Å². The van der Waals surface area contributed by atoms with Gasteiger partial charge in [0.15, 0.2) is 0 Å². The molecule has 0 bridgehead atoms. The van der Waals surface area contributed by atoms with Crippen molar-refractivity contribution in [3.63, 3.8) is 0 Å². The van der Waals surface area contributed by atoms with E-state index in [2.05, 4.69) is 15.9 Å². The molecule has 0 radical (unpaired) electrons. The van der Waals surface area contributed by atoms with Crippen LogP contribution in [0.15, 0.2) is 18.2 Å². The fourth-order valence-corrected chi connectivity index (χ4v) is 2.96. The average molecular weight is 304 g/mol. The Balaban J connectivity index is 1.99. The molecule has 88 valence electrons. The van der Waals surface area contributed by atoms with Crippen LogP contribution in [0.1, 0.15) is 24.8 Å². The van der Waals surface area contributed by atoms with Crippen molar-refractivity contribution in [1.29, 1.82) is 0 Å². The summed E-state index contributed by atoms with van der Waals surface area (Å²) in [5.74, 6) is 0.805. The highest BCUT2D eigenvalue weighted by molar-refractivity contribution is 9.09. The van der Waals surface area contributed by atoms with Crippen molar-refractivity contribution in [3.05, 3.63) is 28.8 Å². The lowest BCUT2D eigenvalue weighted by molar-refractivity contribution is 0.0839. The van der Waals surface area contributed by atoms with E-state index in [-0.39, 0.29) is 0 Å². The number of benzene rings is 1. The molecule has 2 rings (SSSR count). The van der Waals surface area contributed by atoms with Gasteiger partial charge in [-0.2, -0.15) is 0 Å². The van der Waals surface area contributed by atoms with Crippen LogP contribution in [0, 0.1) is 12.3 Å². The number of ether oxygens (including phenoxy) is 1. The summed E-state index contributed by atoms with van der Waals surface area (Å²) in [6, 6.07) is 5.93. The minimum atomic E-state index is 0.341. The van der Waals surface area contributed by atoms with Crippen molar-refractivity contribution >= 4 is 27.5 Å². The first-order valence-corrected chi connectivity index (χ1v) is 7.10. The Morgan fingerprint density at radius 1 is 1.44 bits per heavy atom. The van der Waals surface area contributed by atoms with Crippen LogP contribution in [0.25, 0.3) is 0 Å². The lowest BCUT2D eigenvalue weighted by atomic mass is 9.71. The fraction of sp³-hybridized carbons (Fsp3) is 0.538. The normalized spacial score (nSPS) is 17.9. The first kappa shape index (κ1) is 12.3. The van der Waals surface area contributed by atoms with E-state index < -0.39 is 0 Å². The van der Waals surface area contributed by atoms with Gasteiger partial charge in [0, 0.05) is 10.7 Å². The van der Waals surface area contributed by atoms with Gasteiger partial charge in [0.25, 0.3) is 0 Å². The Hall–Kier alpha value is -0.210. The van der Waals surface area contributed by atoms with E-state index >= 15 is 0 Å². The third-order valence-corrected chi connectivity index (χ3v) is 4.80. The Morgan fingerprint density at radius 3 is 2.69 bits per heavy atom. The van der Waals surface area contributed by atoms with E-state index in [4.69, 9.17) is 16.3 Å². The Morgan fingerprint density at radius 2 is 2.19 bits per heavy atom. The molecule has 1 fully saturated rings. The van der Waals surface area contributed by atoms with Gasteiger partial charge in [-0.15, -0.1) is 0 Å². The predicted molar refractivity (Wildman–Crippen MR) is 71.8 cm³/mol. The molecule has 0 atom stereocenters. The van der Waals surface area contributed by atoms with Gasteiger partial charge in [-0.3, -0.25) is 0 Å². The summed E-state index contributed by atoms with van der Waals surface area (Å²) in [7, 11) is 0. The summed E-state index contributed by atoms with van der Waals surface area (Å²) in [5, 5.41) is 1.73. The topological polar surface area (TPSA) is 9.23 Å². The second-order valence-corrected chi connectivity index (χ2v) is 5.68. The van der Waals surface area contributed by atoms with Gasteiger partial charge in [0.05, 0.1) is 11.6 Å². The molecule has 1 saturated carbocycles. The monoisotopic (exact) mass is 302 g/mol. The highest BCUT2D eigenvalue weighted by atomic mass is 79.9. The molecule has 0 amide bonds. The summed E-state index contributed by atoms with van der Waals surface area (Å²) in [4.78, 5) is 0. The SMILES string of the molecule is Cc1ccc(OCC2(CBr)CCC2)c(Cl)c1. The van der Waals surface area contributed by atoms with Crippen molar-refractivity contribution in [3.8, 4) is 5.75 Å². The van der Waals surface area contributed by atoms with E-state index in [1.54, 1.807) is 0 Å². The molecule has 1 aliphatic rings. The summed E-state index contributed by atoms with van der Waals surface area (Å²) < 4.78 is 5.83. The molecule has 0 aliphatic heterocycles. The lowest BCUT2D eigenvalue weighted by Gasteiger charge is -2.40. The number of halogens is 2. The summed E-state index contributed by atoms with van der Waals surface area (Å²) in [6.07, 6.45) is 3.82. The fourth-order valence-electron chi connectivity index (χ4n) is 1.95. The number of aryl methyl sites for hydroxylation is 1. The second-order valence-electron chi connectivity index (χ2n) is 4.71. The van der Waals surface area contributed by atoms with Crippen molar-refractivity contribution in [2.45, 2.75) is 26.2 Å². The molecular formula is C13H16BrClO. The van der Waals surface area contributed by atoms with Gasteiger partial charge in [0.1, 0.15) is 5.75 Å². The quantitative estimate of drug-likeness (QED) is 0.739. The van der Waals surface area contributed by atoms with Gasteiger partial charge in [0.2, 0.25) is 0 Å². The highest BCUT2D eigenvalue weighted by Crippen LogP contribution is 2.43. The average Bonchev–Trinajstić information content (AvgIpc) is 2.19. The van der Waals surface area contributed by atoms with E-state index in [0.29, 0.717) is 10.4 Å². The van der Waals surface area contributed by atoms with E-state index in [1.807, 2.05) is 25.1 Å². The smallest absolute Gasteiger partial charge is 0.137 e. The van der Waals surface area contributed by atoms with Crippen LogP contribution in [0.4, 0.5) is 0 Å². The lowest BCUT2D eigenvalue weighted by Crippen LogP contribution is -2.37. The zero-order chi connectivity index (χ0) is 11.6. The molecule has 0 unspecified atom stereocenters. The number of alkyl halides is 1. The molecule has 3 heteroatoms. The maximum absolute atomic E-state index is 6.13. The molecule has 1 aliphatic carbocycles. The minimum Gasteiger partial charge on any atom is -0.491 e. The molecule has 0 N–H and O–H groups in total. The summed E-state index contributed by atoms with van der Waals surface area (Å²) >= 11 is 9.70. The van der Waals surface area contributed by atoms with Crippen LogP contribution in [0.5, 0.6) is 5.75 Å². The zero-order valence-corrected chi connectivity index (χ0v) is 11.8. The molecule has 0 spiro atoms. The predicted octanol–water partition coefficient (Wildman–Crippen LogP) is 4.59. The van der Waals surface area contributed by atoms with Crippen LogP contribution in [0.3, 0.4) is 0 Å². The molecule has 1 nitrogen and oxygen atoms in total. The largest absolute Gasteiger partial charge is 0.491 e. The van der Waals surface area contributed by atoms with Gasteiger partial charge >= 0.3 is 0 Å². The standard InChI is InChI=1S/C13H16BrClO/c1-10-3-4-12(11(15)7-10)16-9-13(8-14)5-2-6-13/h3-4,7H,2,5-6,8-9H2,1H3. The van der Waals surface area contributed by atoms with Crippen LogP contribution in [-0.2, 0) is 0 Å². The van der Waals surface area contributed by atoms with Crippen LogP contribution < -0.4 is 4.74 Å². The van der Waals surface area contributed by atoms with Crippen molar-refractivity contribution in [1.82, 2.24) is 0 Å². The van der Waals surface area contributed by atoms with Crippen molar-refractivity contribution in [2.24, 2.45) is 5.41 Å². The van der Waals surface area contributed by atoms with E-state index in [0.717, 1.165) is 23.2 Å². The Kier molecular flexibility index (Phi) is 3.81. The van der Waals surface area contributed by atoms with Gasteiger partial charge in [-0.25, -0.2) is 0 Å². The van der Waals surface area contributed by atoms with Crippen molar-refractivity contribution in [2.75, 3.05) is 11.9 Å². The minimum absolute atomic E-state index is 0.341. The zero-order valence-electron chi connectivity index (χ0n) is 9.43. The third kappa shape index (κ3) is 2.54. The molecule has 1 aromatic rings. The van der Waals surface area contributed by atoms with Gasteiger partial charge in [-0.05, 0) is 37.5 Å². The van der Waals surface area contributed by atoms with E-state index in [9.17, 15) is 0 Å². The maximum Gasteiger partial charge on any atom is 0.137 e. The van der Waals surface area contributed by atoms with Crippen LogP contribution in [0.2, 0.25) is 5.02 Å². The molecule has 0 heterocycles. The number of hydrogen-bond donors (Lipinski definition) is 0. The first-order chi connectivity index (χ1) is 7.65. The van der Waals surface area contributed by atoms with Crippen LogP contribution >= 0.6 is 27.5 Å². The first-order valence-electron chi connectivity index (χ1n) is 5.60. The second kappa shape index (κ2) is 4.97. The van der Waals surface area contributed by atoms with Crippen LogP contribution in [-0.4, -0.2) is 11.9 Å². The molecule has 0 aromatic heterocycles. The Labute approximate surface area is 110 Å². The third-order valence-electron chi connectivity index (χ3n) is 3.32. The van der Waals surface area contributed by atoms with Crippen molar-refractivity contribution < 1.29 is 4.74 Å². The number of hydrogen-bond acceptors (Lipinski definition) is 1. The number of rotatable bonds is 4.